The van der Waals surface area contributed by atoms with E-state index in [2.05, 4.69) is 48.4 Å². The standard InChI is InChI=1S/C26H30N2O4/c1-7-25(30)32-28-17(5)20-11-13-22-21-12-10-19(16(4)27-31-18(6)29)14-23(21)26(8-2,9-3)24(22)15-20/h10-15H,7-9H2,1-6H3/b27-16+,28-17+. The van der Waals surface area contributed by atoms with Gasteiger partial charge in [0, 0.05) is 18.8 Å². The Morgan fingerprint density at radius 1 is 0.781 bits per heavy atom. The molecule has 3 rings (SSSR count). The van der Waals surface area contributed by atoms with Crippen molar-refractivity contribution >= 4 is 23.4 Å². The SMILES string of the molecule is CCC(=O)O/N=C(\C)c1ccc2c(c1)C(CC)(CC)c1cc(/C(C)=N/OC(C)=O)ccc1-2. The van der Waals surface area contributed by atoms with Gasteiger partial charge >= 0.3 is 11.9 Å². The first-order chi connectivity index (χ1) is 15.3. The molecule has 2 aromatic rings. The van der Waals surface area contributed by atoms with Crippen LogP contribution in [0.5, 0.6) is 0 Å². The lowest BCUT2D eigenvalue weighted by atomic mass is 9.73. The normalized spacial score (nSPS) is 14.6. The van der Waals surface area contributed by atoms with E-state index in [9.17, 15) is 9.59 Å². The maximum Gasteiger partial charge on any atom is 0.334 e. The Bertz CT molecular complexity index is 1110. The van der Waals surface area contributed by atoms with Crippen molar-refractivity contribution in [1.82, 2.24) is 0 Å². The summed E-state index contributed by atoms with van der Waals surface area (Å²) in [4.78, 5) is 32.4. The molecule has 0 spiro atoms. The van der Waals surface area contributed by atoms with Gasteiger partial charge in [0.2, 0.25) is 0 Å². The second kappa shape index (κ2) is 9.47. The van der Waals surface area contributed by atoms with Gasteiger partial charge in [0.1, 0.15) is 0 Å². The zero-order chi connectivity index (χ0) is 23.5. The first kappa shape index (κ1) is 23.4. The third kappa shape index (κ3) is 4.22. The Kier molecular flexibility index (Phi) is 6.92. The van der Waals surface area contributed by atoms with Crippen molar-refractivity contribution in [3.63, 3.8) is 0 Å². The molecule has 0 atom stereocenters. The maximum atomic E-state index is 11.5. The van der Waals surface area contributed by atoms with Crippen molar-refractivity contribution in [3.8, 4) is 11.1 Å². The van der Waals surface area contributed by atoms with Crippen LogP contribution in [0.3, 0.4) is 0 Å². The first-order valence-corrected chi connectivity index (χ1v) is 11.0. The number of hydrogen-bond donors (Lipinski definition) is 0. The predicted octanol–water partition coefficient (Wildman–Crippen LogP) is 5.74. The molecular formula is C26H30N2O4. The van der Waals surface area contributed by atoms with Gasteiger partial charge in [0.25, 0.3) is 0 Å². The van der Waals surface area contributed by atoms with Gasteiger partial charge in [0.15, 0.2) is 0 Å². The summed E-state index contributed by atoms with van der Waals surface area (Å²) in [5.74, 6) is -0.795. The Morgan fingerprint density at radius 2 is 1.25 bits per heavy atom. The molecule has 1 aliphatic rings. The van der Waals surface area contributed by atoms with E-state index in [4.69, 9.17) is 9.68 Å². The Labute approximate surface area is 189 Å². The fourth-order valence-electron chi connectivity index (χ4n) is 4.38. The van der Waals surface area contributed by atoms with Crippen molar-refractivity contribution < 1.29 is 19.3 Å². The van der Waals surface area contributed by atoms with Crippen LogP contribution in [0.25, 0.3) is 11.1 Å². The van der Waals surface area contributed by atoms with Crippen LogP contribution >= 0.6 is 0 Å². The number of fused-ring (bicyclic) bond motifs is 3. The lowest BCUT2D eigenvalue weighted by Crippen LogP contribution is -2.23. The zero-order valence-corrected chi connectivity index (χ0v) is 19.6. The summed E-state index contributed by atoms with van der Waals surface area (Å²) in [6.45, 7) is 11.2. The van der Waals surface area contributed by atoms with E-state index in [1.165, 1.54) is 29.2 Å². The highest BCUT2D eigenvalue weighted by Crippen LogP contribution is 2.53. The molecule has 2 aromatic carbocycles. The fraction of sp³-hybridized carbons (Fsp3) is 0.385. The lowest BCUT2D eigenvalue weighted by molar-refractivity contribution is -0.143. The molecule has 0 aliphatic heterocycles. The van der Waals surface area contributed by atoms with Gasteiger partial charge in [-0.15, -0.1) is 0 Å². The van der Waals surface area contributed by atoms with Crippen molar-refractivity contribution in [2.24, 2.45) is 10.3 Å². The van der Waals surface area contributed by atoms with E-state index < -0.39 is 5.97 Å². The quantitative estimate of drug-likeness (QED) is 0.316. The Hall–Kier alpha value is -3.28. The van der Waals surface area contributed by atoms with Crippen LogP contribution in [0.2, 0.25) is 0 Å². The average molecular weight is 435 g/mol. The predicted molar refractivity (Wildman–Crippen MR) is 126 cm³/mol. The minimum atomic E-state index is -0.441. The van der Waals surface area contributed by atoms with Crippen molar-refractivity contribution in [3.05, 3.63) is 58.7 Å². The minimum absolute atomic E-state index is 0.154. The molecule has 0 fully saturated rings. The van der Waals surface area contributed by atoms with Crippen LogP contribution in [0, 0.1) is 0 Å². The summed E-state index contributed by atoms with van der Waals surface area (Å²) >= 11 is 0. The molecule has 32 heavy (non-hydrogen) atoms. The van der Waals surface area contributed by atoms with E-state index in [-0.39, 0.29) is 17.8 Å². The number of carbonyl (C=O) groups excluding carboxylic acids is 2. The fourth-order valence-corrected chi connectivity index (χ4v) is 4.38. The first-order valence-electron chi connectivity index (χ1n) is 11.0. The van der Waals surface area contributed by atoms with Gasteiger partial charge in [-0.1, -0.05) is 55.3 Å². The molecule has 0 N–H and O–H groups in total. The van der Waals surface area contributed by atoms with E-state index in [0.717, 1.165) is 24.0 Å². The number of hydrogen-bond acceptors (Lipinski definition) is 6. The smallest absolute Gasteiger partial charge is 0.318 e. The van der Waals surface area contributed by atoms with Gasteiger partial charge in [-0.05, 0) is 72.2 Å². The number of benzene rings is 2. The molecule has 0 bridgehead atoms. The average Bonchev–Trinajstić information content (AvgIpc) is 3.09. The van der Waals surface area contributed by atoms with Gasteiger partial charge in [-0.25, -0.2) is 9.59 Å². The molecule has 0 radical (unpaired) electrons. The monoisotopic (exact) mass is 434 g/mol. The molecule has 0 saturated carbocycles. The van der Waals surface area contributed by atoms with E-state index in [0.29, 0.717) is 11.4 Å². The van der Waals surface area contributed by atoms with Crippen molar-refractivity contribution in [1.29, 1.82) is 0 Å². The summed E-state index contributed by atoms with van der Waals surface area (Å²) in [5.41, 5.74) is 7.91. The molecule has 0 aromatic heterocycles. The van der Waals surface area contributed by atoms with E-state index in [1.54, 1.807) is 6.92 Å². The summed E-state index contributed by atoms with van der Waals surface area (Å²) in [6, 6.07) is 12.6. The molecule has 168 valence electrons. The van der Waals surface area contributed by atoms with Crippen LogP contribution in [-0.4, -0.2) is 23.4 Å². The van der Waals surface area contributed by atoms with E-state index >= 15 is 0 Å². The van der Waals surface area contributed by atoms with Crippen molar-refractivity contribution in [2.45, 2.75) is 66.2 Å². The largest absolute Gasteiger partial charge is 0.334 e. The zero-order valence-electron chi connectivity index (χ0n) is 19.6. The van der Waals surface area contributed by atoms with Gasteiger partial charge in [0.05, 0.1) is 11.4 Å². The maximum absolute atomic E-state index is 11.5. The highest BCUT2D eigenvalue weighted by atomic mass is 16.7. The number of nitrogens with zero attached hydrogens (tertiary/aromatic N) is 2. The molecule has 0 unspecified atom stereocenters. The van der Waals surface area contributed by atoms with Crippen LogP contribution in [-0.2, 0) is 24.7 Å². The highest BCUT2D eigenvalue weighted by molar-refractivity contribution is 6.01. The number of oxime groups is 2. The molecule has 0 amide bonds. The Balaban J connectivity index is 2.08. The van der Waals surface area contributed by atoms with Crippen molar-refractivity contribution in [2.75, 3.05) is 0 Å². The summed E-state index contributed by atoms with van der Waals surface area (Å²) in [7, 11) is 0. The summed E-state index contributed by atoms with van der Waals surface area (Å²) < 4.78 is 0. The Morgan fingerprint density at radius 3 is 1.66 bits per heavy atom. The third-order valence-corrected chi connectivity index (χ3v) is 6.29. The second-order valence-corrected chi connectivity index (χ2v) is 8.06. The molecule has 6 nitrogen and oxygen atoms in total. The third-order valence-electron chi connectivity index (χ3n) is 6.29. The topological polar surface area (TPSA) is 77.3 Å². The summed E-state index contributed by atoms with van der Waals surface area (Å²) in [5, 5.41) is 7.98. The number of rotatable bonds is 7. The second-order valence-electron chi connectivity index (χ2n) is 8.06. The van der Waals surface area contributed by atoms with Crippen LogP contribution in [0.15, 0.2) is 46.7 Å². The lowest BCUT2D eigenvalue weighted by Gasteiger charge is -2.30. The molecule has 6 heteroatoms. The van der Waals surface area contributed by atoms with Gasteiger partial charge in [-0.2, -0.15) is 0 Å². The molecule has 0 saturated heterocycles. The molecule has 1 aliphatic carbocycles. The molecular weight excluding hydrogens is 404 g/mol. The molecule has 0 heterocycles. The summed E-state index contributed by atoms with van der Waals surface area (Å²) in [6.07, 6.45) is 2.14. The van der Waals surface area contributed by atoms with Crippen LogP contribution < -0.4 is 0 Å². The highest BCUT2D eigenvalue weighted by Gasteiger charge is 2.40. The minimum Gasteiger partial charge on any atom is -0.318 e. The van der Waals surface area contributed by atoms with Gasteiger partial charge in [-0.3, -0.25) is 0 Å². The van der Waals surface area contributed by atoms with Gasteiger partial charge < -0.3 is 9.68 Å². The number of carbonyl (C=O) groups is 2. The van der Waals surface area contributed by atoms with Crippen LogP contribution in [0.4, 0.5) is 0 Å². The van der Waals surface area contributed by atoms with Crippen LogP contribution in [0.1, 0.15) is 83.1 Å². The van der Waals surface area contributed by atoms with E-state index in [1.807, 2.05) is 26.0 Å².